The summed E-state index contributed by atoms with van der Waals surface area (Å²) in [7, 11) is 0. The molecule has 0 aromatic carbocycles. The van der Waals surface area contributed by atoms with Gasteiger partial charge in [0.2, 0.25) is 11.8 Å². The average Bonchev–Trinajstić information content (AvgIpc) is 2.94. The number of piperidine rings is 3. The SMILES string of the molecule is CC(=O)NC[C@H]1[C@H]2C[C@H](CN(Cc3c(C)noc3C)C2)[C@@H]2CCCC(=O)N21. The van der Waals surface area contributed by atoms with Crippen LogP contribution in [-0.4, -0.2) is 58.5 Å². The van der Waals surface area contributed by atoms with Gasteiger partial charge in [-0.1, -0.05) is 5.16 Å². The third kappa shape index (κ3) is 3.49. The Bertz CT molecular complexity index is 711. The number of aryl methyl sites for hydroxylation is 2. The topological polar surface area (TPSA) is 78.7 Å². The highest BCUT2D eigenvalue weighted by atomic mass is 16.5. The van der Waals surface area contributed by atoms with Crippen LogP contribution in [0.15, 0.2) is 4.52 Å². The summed E-state index contributed by atoms with van der Waals surface area (Å²) in [6.45, 7) is 8.89. The number of hydrogen-bond donors (Lipinski definition) is 1. The van der Waals surface area contributed by atoms with Gasteiger partial charge in [0.05, 0.1) is 11.7 Å². The van der Waals surface area contributed by atoms with Crippen LogP contribution in [0.1, 0.15) is 49.6 Å². The molecule has 3 fully saturated rings. The van der Waals surface area contributed by atoms with E-state index in [-0.39, 0.29) is 17.9 Å². The summed E-state index contributed by atoms with van der Waals surface area (Å²) in [5, 5.41) is 7.07. The second-order valence-corrected chi connectivity index (χ2v) is 8.52. The quantitative estimate of drug-likeness (QED) is 0.867. The van der Waals surface area contributed by atoms with Crippen molar-refractivity contribution in [2.75, 3.05) is 19.6 Å². The van der Waals surface area contributed by atoms with Crippen molar-refractivity contribution >= 4 is 11.8 Å². The van der Waals surface area contributed by atoms with Crippen molar-refractivity contribution in [2.24, 2.45) is 11.8 Å². The fraction of sp³-hybridized carbons (Fsp3) is 0.750. The molecule has 1 aromatic heterocycles. The van der Waals surface area contributed by atoms with Crippen molar-refractivity contribution in [2.45, 2.75) is 65.1 Å². The molecule has 3 aliphatic rings. The molecule has 0 unspecified atom stereocenters. The Hall–Kier alpha value is -1.89. The number of carbonyl (C=O) groups excluding carboxylic acids is 2. The Morgan fingerprint density at radius 1 is 1.30 bits per heavy atom. The molecule has 3 saturated heterocycles. The number of likely N-dealkylation sites (tertiary alicyclic amines) is 1. The summed E-state index contributed by atoms with van der Waals surface area (Å²) in [5.74, 6) is 2.06. The molecule has 1 N–H and O–H groups in total. The van der Waals surface area contributed by atoms with Crippen molar-refractivity contribution in [1.82, 2.24) is 20.3 Å². The standard InChI is InChI=1S/C20H30N4O3/c1-12-17(13(2)27-22-12)11-23-9-15-7-16(10-23)19(8-21-14(3)25)24-18(15)5-4-6-20(24)26/h15-16,18-19H,4-11H2,1-3H3,(H,21,25)/t15-,16+,18+,19+/m1/s1. The lowest BCUT2D eigenvalue weighted by molar-refractivity contribution is -0.153. The molecule has 3 aliphatic heterocycles. The van der Waals surface area contributed by atoms with E-state index in [1.54, 1.807) is 6.92 Å². The monoisotopic (exact) mass is 374 g/mol. The van der Waals surface area contributed by atoms with Crippen LogP contribution >= 0.6 is 0 Å². The van der Waals surface area contributed by atoms with E-state index >= 15 is 0 Å². The molecule has 7 heteroatoms. The predicted molar refractivity (Wildman–Crippen MR) is 99.8 cm³/mol. The molecule has 27 heavy (non-hydrogen) atoms. The van der Waals surface area contributed by atoms with Crippen molar-refractivity contribution in [3.05, 3.63) is 17.0 Å². The van der Waals surface area contributed by atoms with Gasteiger partial charge in [-0.3, -0.25) is 14.5 Å². The van der Waals surface area contributed by atoms with Crippen molar-refractivity contribution in [3.63, 3.8) is 0 Å². The molecule has 0 saturated carbocycles. The summed E-state index contributed by atoms with van der Waals surface area (Å²) in [4.78, 5) is 28.9. The number of nitrogens with one attached hydrogen (secondary N) is 1. The van der Waals surface area contributed by atoms with Gasteiger partial charge in [0.15, 0.2) is 0 Å². The zero-order chi connectivity index (χ0) is 19.1. The van der Waals surface area contributed by atoms with E-state index in [2.05, 4.69) is 20.3 Å². The highest BCUT2D eigenvalue weighted by Gasteiger charge is 2.49. The number of amides is 2. The summed E-state index contributed by atoms with van der Waals surface area (Å²) in [6, 6.07) is 0.421. The zero-order valence-corrected chi connectivity index (χ0v) is 16.5. The van der Waals surface area contributed by atoms with Gasteiger partial charge >= 0.3 is 0 Å². The third-order valence-electron chi connectivity index (χ3n) is 6.70. The maximum atomic E-state index is 12.7. The number of nitrogens with zero attached hydrogens (tertiary/aromatic N) is 3. The summed E-state index contributed by atoms with van der Waals surface area (Å²) in [5.41, 5.74) is 2.15. The van der Waals surface area contributed by atoms with E-state index in [4.69, 9.17) is 4.52 Å². The molecule has 148 valence electrons. The zero-order valence-electron chi connectivity index (χ0n) is 16.5. The summed E-state index contributed by atoms with van der Waals surface area (Å²) >= 11 is 0. The van der Waals surface area contributed by atoms with Crippen LogP contribution in [0.2, 0.25) is 0 Å². The van der Waals surface area contributed by atoms with Gasteiger partial charge in [-0.2, -0.15) is 0 Å². The third-order valence-corrected chi connectivity index (χ3v) is 6.70. The Morgan fingerprint density at radius 2 is 2.07 bits per heavy atom. The fourth-order valence-corrected chi connectivity index (χ4v) is 5.46. The smallest absolute Gasteiger partial charge is 0.223 e. The molecule has 4 atom stereocenters. The minimum atomic E-state index is -0.0264. The minimum absolute atomic E-state index is 0.0264. The Labute approximate surface area is 160 Å². The molecule has 4 heterocycles. The fourth-order valence-electron chi connectivity index (χ4n) is 5.46. The van der Waals surface area contributed by atoms with Gasteiger partial charge in [0.25, 0.3) is 0 Å². The van der Waals surface area contributed by atoms with Crippen molar-refractivity contribution < 1.29 is 14.1 Å². The first-order valence-electron chi connectivity index (χ1n) is 10.1. The second-order valence-electron chi connectivity index (χ2n) is 8.52. The van der Waals surface area contributed by atoms with E-state index in [0.29, 0.717) is 30.8 Å². The molecule has 4 rings (SSSR count). The molecule has 2 amide bonds. The Balaban J connectivity index is 1.56. The van der Waals surface area contributed by atoms with Crippen LogP contribution in [0.3, 0.4) is 0 Å². The molecule has 7 nitrogen and oxygen atoms in total. The normalized spacial score (nSPS) is 30.9. The first-order chi connectivity index (χ1) is 12.9. The highest BCUT2D eigenvalue weighted by molar-refractivity contribution is 5.78. The maximum absolute atomic E-state index is 12.7. The van der Waals surface area contributed by atoms with Gasteiger partial charge in [-0.15, -0.1) is 0 Å². The Morgan fingerprint density at radius 3 is 2.78 bits per heavy atom. The van der Waals surface area contributed by atoms with Crippen LogP contribution in [0.4, 0.5) is 0 Å². The van der Waals surface area contributed by atoms with Crippen molar-refractivity contribution in [1.29, 1.82) is 0 Å². The maximum Gasteiger partial charge on any atom is 0.223 e. The number of hydrogen-bond acceptors (Lipinski definition) is 5. The average molecular weight is 374 g/mol. The number of carbonyl (C=O) groups is 2. The van der Waals surface area contributed by atoms with Gasteiger partial charge in [-0.25, -0.2) is 0 Å². The van der Waals surface area contributed by atoms with E-state index in [0.717, 1.165) is 50.4 Å². The number of aromatic nitrogens is 1. The molecule has 2 bridgehead atoms. The molecular weight excluding hydrogens is 344 g/mol. The Kier molecular flexibility index (Phi) is 4.97. The molecule has 0 radical (unpaired) electrons. The molecular formula is C20H30N4O3. The van der Waals surface area contributed by atoms with Crippen LogP contribution in [0, 0.1) is 25.7 Å². The summed E-state index contributed by atoms with van der Waals surface area (Å²) in [6.07, 6.45) is 3.86. The van der Waals surface area contributed by atoms with E-state index in [9.17, 15) is 9.59 Å². The molecule has 0 aliphatic carbocycles. The van der Waals surface area contributed by atoms with E-state index < -0.39 is 0 Å². The lowest BCUT2D eigenvalue weighted by Gasteiger charge is -2.56. The van der Waals surface area contributed by atoms with Gasteiger partial charge in [-0.05, 0) is 44.9 Å². The lowest BCUT2D eigenvalue weighted by atomic mass is 9.72. The largest absolute Gasteiger partial charge is 0.361 e. The van der Waals surface area contributed by atoms with Crippen LogP contribution in [0.25, 0.3) is 0 Å². The number of fused-ring (bicyclic) bond motifs is 4. The van der Waals surface area contributed by atoms with Gasteiger partial charge < -0.3 is 14.7 Å². The molecule has 1 aromatic rings. The van der Waals surface area contributed by atoms with Crippen LogP contribution in [-0.2, 0) is 16.1 Å². The predicted octanol–water partition coefficient (Wildman–Crippen LogP) is 1.63. The first kappa shape index (κ1) is 18.5. The number of rotatable bonds is 4. The molecule has 0 spiro atoms. The lowest BCUT2D eigenvalue weighted by Crippen LogP contribution is -2.66. The second kappa shape index (κ2) is 7.26. The van der Waals surface area contributed by atoms with E-state index in [1.165, 1.54) is 5.56 Å². The highest BCUT2D eigenvalue weighted by Crippen LogP contribution is 2.41. The van der Waals surface area contributed by atoms with Gasteiger partial charge in [0.1, 0.15) is 5.76 Å². The van der Waals surface area contributed by atoms with Crippen molar-refractivity contribution in [3.8, 4) is 0 Å². The van der Waals surface area contributed by atoms with Crippen LogP contribution < -0.4 is 5.32 Å². The minimum Gasteiger partial charge on any atom is -0.361 e. The van der Waals surface area contributed by atoms with Gasteiger partial charge in [0, 0.05) is 51.1 Å². The first-order valence-corrected chi connectivity index (χ1v) is 10.1. The summed E-state index contributed by atoms with van der Waals surface area (Å²) < 4.78 is 5.34. The van der Waals surface area contributed by atoms with Crippen LogP contribution in [0.5, 0.6) is 0 Å². The van der Waals surface area contributed by atoms with E-state index in [1.807, 2.05) is 13.8 Å².